The number of hydrogen-bond donors (Lipinski definition) is 4. The van der Waals surface area contributed by atoms with Crippen LogP contribution in [0.1, 0.15) is 114 Å². The van der Waals surface area contributed by atoms with Crippen molar-refractivity contribution in [1.29, 1.82) is 0 Å². The molecule has 0 bridgehead atoms. The number of nitrogens with zero attached hydrogens (tertiary/aromatic N) is 1. The molecule has 2 saturated carbocycles. The molecule has 3 fully saturated rings. The Labute approximate surface area is 285 Å². The highest BCUT2D eigenvalue weighted by Crippen LogP contribution is 2.65. The number of likely N-dealkylation sites (tertiary alicyclic amines) is 1. The predicted molar refractivity (Wildman–Crippen MR) is 177 cm³/mol. The summed E-state index contributed by atoms with van der Waals surface area (Å²) in [5, 5.41) is 18.0. The van der Waals surface area contributed by atoms with Crippen LogP contribution in [-0.4, -0.2) is 94.1 Å². The van der Waals surface area contributed by atoms with E-state index >= 15 is 0 Å². The number of amides is 4. The van der Waals surface area contributed by atoms with Crippen LogP contribution in [0.2, 0.25) is 0 Å². The predicted octanol–water partition coefficient (Wildman–Crippen LogP) is 3.01. The third-order valence-electron chi connectivity index (χ3n) is 9.93. The number of Topliss-reactive ketones (excluding diaryl/α,β-unsaturated/α-hetero) is 1. The van der Waals surface area contributed by atoms with Gasteiger partial charge in [-0.25, -0.2) is 9.59 Å². The second-order valence-corrected chi connectivity index (χ2v) is 16.7. The van der Waals surface area contributed by atoms with Crippen LogP contribution < -0.4 is 16.0 Å². The Kier molecular flexibility index (Phi) is 12.0. The van der Waals surface area contributed by atoms with Gasteiger partial charge in [0.1, 0.15) is 23.3 Å². The second-order valence-electron chi connectivity index (χ2n) is 16.7. The van der Waals surface area contributed by atoms with Crippen molar-refractivity contribution in [2.45, 2.75) is 150 Å². The summed E-state index contributed by atoms with van der Waals surface area (Å²) in [6.07, 6.45) is 2.57. The van der Waals surface area contributed by atoms with Gasteiger partial charge in [-0.2, -0.15) is 0 Å². The third-order valence-corrected chi connectivity index (χ3v) is 9.93. The normalized spacial score (nSPS) is 24.6. The number of piperidine rings is 1. The van der Waals surface area contributed by atoms with Gasteiger partial charge in [-0.05, 0) is 83.5 Å². The topological polar surface area (TPSA) is 180 Å². The first kappa shape index (κ1) is 39.2. The second kappa shape index (κ2) is 14.7. The number of esters is 1. The molecule has 0 aromatic carbocycles. The summed E-state index contributed by atoms with van der Waals surface area (Å²) in [7, 11) is 0. The smallest absolute Gasteiger partial charge is 0.408 e. The SMILES string of the molecule is CCCC(NC(=O)[C@@H]1[C@@H]2[C@H](CN1C(=O)[C@@H](NC(=O)OC(C)(C)C)C1(C)CCCCC1)C2(C)C)C(=O)C(=O)NCC(O)C(=O)OC(C)(C)C. The zero-order valence-corrected chi connectivity index (χ0v) is 30.5. The molecule has 13 nitrogen and oxygen atoms in total. The molecule has 6 atom stereocenters. The van der Waals surface area contributed by atoms with Gasteiger partial charge >= 0.3 is 12.1 Å². The number of nitrogens with one attached hydrogen (secondary N) is 3. The molecule has 1 saturated heterocycles. The molecule has 0 aromatic heterocycles. The fraction of sp³-hybridized carbons (Fsp3) is 0.829. The van der Waals surface area contributed by atoms with Crippen LogP contribution in [0, 0.1) is 22.7 Å². The number of aliphatic hydroxyl groups excluding tert-OH is 1. The highest BCUT2D eigenvalue weighted by atomic mass is 16.6. The summed E-state index contributed by atoms with van der Waals surface area (Å²) >= 11 is 0. The molecule has 2 aliphatic carbocycles. The maximum atomic E-state index is 14.5. The van der Waals surface area contributed by atoms with Crippen molar-refractivity contribution in [2.75, 3.05) is 13.1 Å². The number of alkyl carbamates (subject to hydrolysis) is 1. The van der Waals surface area contributed by atoms with Gasteiger partial charge in [0.15, 0.2) is 6.10 Å². The largest absolute Gasteiger partial charge is 0.458 e. The molecule has 0 radical (unpaired) electrons. The number of carbonyl (C=O) groups excluding carboxylic acids is 6. The highest BCUT2D eigenvalue weighted by Gasteiger charge is 2.70. The average Bonchev–Trinajstić information content (AvgIpc) is 3.27. The Morgan fingerprint density at radius 1 is 0.896 bits per heavy atom. The van der Waals surface area contributed by atoms with E-state index in [1.54, 1.807) is 53.4 Å². The minimum Gasteiger partial charge on any atom is -0.458 e. The Morgan fingerprint density at radius 3 is 2.02 bits per heavy atom. The van der Waals surface area contributed by atoms with Crippen molar-refractivity contribution in [3.05, 3.63) is 0 Å². The third kappa shape index (κ3) is 9.47. The number of aliphatic hydroxyl groups is 1. The van der Waals surface area contributed by atoms with Crippen LogP contribution in [0.25, 0.3) is 0 Å². The van der Waals surface area contributed by atoms with Gasteiger partial charge in [-0.1, -0.05) is 53.4 Å². The monoisotopic (exact) mass is 678 g/mol. The Bertz CT molecular complexity index is 1250. The number of fused-ring (bicyclic) bond motifs is 1. The molecule has 3 aliphatic rings. The van der Waals surface area contributed by atoms with Crippen LogP contribution >= 0.6 is 0 Å². The maximum absolute atomic E-state index is 14.5. The summed E-state index contributed by atoms with van der Waals surface area (Å²) in [5.41, 5.74) is -2.38. The van der Waals surface area contributed by atoms with Gasteiger partial charge in [0.2, 0.25) is 17.6 Å². The van der Waals surface area contributed by atoms with Gasteiger partial charge in [-0.15, -0.1) is 0 Å². The molecule has 0 aromatic rings. The molecule has 1 aliphatic heterocycles. The van der Waals surface area contributed by atoms with E-state index in [-0.39, 0.29) is 29.6 Å². The zero-order valence-electron chi connectivity index (χ0n) is 30.5. The molecule has 13 heteroatoms. The van der Waals surface area contributed by atoms with Gasteiger partial charge in [-0.3, -0.25) is 19.2 Å². The first-order chi connectivity index (χ1) is 22.0. The quantitative estimate of drug-likeness (QED) is 0.178. The Morgan fingerprint density at radius 2 is 1.48 bits per heavy atom. The highest BCUT2D eigenvalue weighted by molar-refractivity contribution is 6.38. The molecule has 3 rings (SSSR count). The maximum Gasteiger partial charge on any atom is 0.408 e. The lowest BCUT2D eigenvalue weighted by Crippen LogP contribution is -2.62. The standard InChI is InChI=1S/C35H58N4O9/c1-11-15-21(25(41)28(43)36-18-22(40)30(45)47-32(2,3)4)37-27(42)24-23-20(34(23,8)9)19-39(24)29(44)26(35(10)16-13-12-14-17-35)38-31(46)48-33(5,6)7/h20-24,26,40H,11-19H2,1-10H3,(H,36,43)(H,37,42)(H,38,46)/t20-,21?,22?,23-,24-,26+/m0/s1. The van der Waals surface area contributed by atoms with E-state index in [2.05, 4.69) is 16.0 Å². The molecule has 1 heterocycles. The van der Waals surface area contributed by atoms with Crippen LogP contribution in [-0.2, 0) is 33.4 Å². The van der Waals surface area contributed by atoms with Crippen LogP contribution in [0.15, 0.2) is 0 Å². The lowest BCUT2D eigenvalue weighted by Gasteiger charge is -2.43. The Balaban J connectivity index is 1.80. The van der Waals surface area contributed by atoms with Crippen molar-refractivity contribution < 1.29 is 43.3 Å². The van der Waals surface area contributed by atoms with Gasteiger partial charge in [0.05, 0.1) is 12.6 Å². The zero-order chi connectivity index (χ0) is 36.4. The molecular weight excluding hydrogens is 620 g/mol. The fourth-order valence-electron chi connectivity index (χ4n) is 7.29. The van der Waals surface area contributed by atoms with Crippen molar-refractivity contribution in [1.82, 2.24) is 20.9 Å². The summed E-state index contributed by atoms with van der Waals surface area (Å²) in [6, 6.07) is -3.01. The number of hydrogen-bond acceptors (Lipinski definition) is 9. The van der Waals surface area contributed by atoms with E-state index in [9.17, 15) is 33.9 Å². The van der Waals surface area contributed by atoms with E-state index < -0.39 is 77.1 Å². The van der Waals surface area contributed by atoms with Crippen molar-refractivity contribution in [2.24, 2.45) is 22.7 Å². The van der Waals surface area contributed by atoms with Crippen molar-refractivity contribution >= 4 is 35.6 Å². The van der Waals surface area contributed by atoms with Crippen molar-refractivity contribution in [3.8, 4) is 0 Å². The van der Waals surface area contributed by atoms with Gasteiger partial charge in [0, 0.05) is 6.54 Å². The van der Waals surface area contributed by atoms with E-state index in [1.807, 2.05) is 20.8 Å². The summed E-state index contributed by atoms with van der Waals surface area (Å²) in [5.74, 6) is -3.95. The lowest BCUT2D eigenvalue weighted by atomic mass is 9.70. The van der Waals surface area contributed by atoms with Crippen molar-refractivity contribution in [3.63, 3.8) is 0 Å². The molecular formula is C35H58N4O9. The van der Waals surface area contributed by atoms with Crippen LogP contribution in [0.3, 0.4) is 0 Å². The molecule has 272 valence electrons. The number of ether oxygens (including phenoxy) is 2. The van der Waals surface area contributed by atoms with Gasteiger partial charge in [0.25, 0.3) is 5.91 Å². The van der Waals surface area contributed by atoms with E-state index in [4.69, 9.17) is 9.47 Å². The fourth-order valence-corrected chi connectivity index (χ4v) is 7.29. The number of ketones is 1. The Hall–Kier alpha value is -3.22. The first-order valence-electron chi connectivity index (χ1n) is 17.4. The molecule has 2 unspecified atom stereocenters. The van der Waals surface area contributed by atoms with E-state index in [1.165, 1.54) is 0 Å². The molecule has 0 spiro atoms. The minimum absolute atomic E-state index is 0.0523. The molecule has 4 N–H and O–H groups in total. The summed E-state index contributed by atoms with van der Waals surface area (Å²) in [6.45, 7) is 17.8. The summed E-state index contributed by atoms with van der Waals surface area (Å²) in [4.78, 5) is 81.3. The average molecular weight is 679 g/mol. The van der Waals surface area contributed by atoms with E-state index in [0.717, 1.165) is 32.1 Å². The first-order valence-corrected chi connectivity index (χ1v) is 17.4. The lowest BCUT2D eigenvalue weighted by molar-refractivity contribution is -0.164. The van der Waals surface area contributed by atoms with E-state index in [0.29, 0.717) is 13.0 Å². The van der Waals surface area contributed by atoms with Crippen LogP contribution in [0.5, 0.6) is 0 Å². The molecule has 4 amide bonds. The molecule has 48 heavy (non-hydrogen) atoms. The minimum atomic E-state index is -1.68. The van der Waals surface area contributed by atoms with Gasteiger partial charge < -0.3 is 35.4 Å². The van der Waals surface area contributed by atoms with Crippen LogP contribution in [0.4, 0.5) is 4.79 Å². The number of carbonyl (C=O) groups is 6. The number of rotatable bonds is 12. The summed E-state index contributed by atoms with van der Waals surface area (Å²) < 4.78 is 10.6.